The molecule has 1 saturated heterocycles. The number of amides is 3. The topological polar surface area (TPSA) is 49.4 Å². The molecular formula is C13H23ClN2O2. The molecule has 0 aromatic carbocycles. The minimum atomic E-state index is -0.752. The lowest BCUT2D eigenvalue weighted by Gasteiger charge is -2.34. The summed E-state index contributed by atoms with van der Waals surface area (Å²) in [6, 6.07) is -0.267. The summed E-state index contributed by atoms with van der Waals surface area (Å²) in [5, 5.41) is 2.90. The maximum atomic E-state index is 12.5. The van der Waals surface area contributed by atoms with Gasteiger partial charge in [-0.25, -0.2) is 4.79 Å². The summed E-state index contributed by atoms with van der Waals surface area (Å²) in [7, 11) is 0. The van der Waals surface area contributed by atoms with E-state index in [-0.39, 0.29) is 23.8 Å². The third kappa shape index (κ3) is 2.48. The number of alkyl halides is 1. The fourth-order valence-electron chi connectivity index (χ4n) is 2.63. The molecule has 4 nitrogen and oxygen atoms in total. The maximum absolute atomic E-state index is 12.5. The maximum Gasteiger partial charge on any atom is 0.325 e. The Morgan fingerprint density at radius 1 is 1.17 bits per heavy atom. The van der Waals surface area contributed by atoms with E-state index in [4.69, 9.17) is 11.6 Å². The second-order valence-corrected chi connectivity index (χ2v) is 5.84. The molecule has 18 heavy (non-hydrogen) atoms. The molecule has 1 heterocycles. The van der Waals surface area contributed by atoms with Crippen molar-refractivity contribution in [3.05, 3.63) is 0 Å². The van der Waals surface area contributed by atoms with Crippen LogP contribution in [0.15, 0.2) is 0 Å². The molecule has 3 amide bonds. The Morgan fingerprint density at radius 3 is 2.11 bits per heavy atom. The molecule has 1 fully saturated rings. The van der Waals surface area contributed by atoms with E-state index in [1.54, 1.807) is 0 Å². The summed E-state index contributed by atoms with van der Waals surface area (Å²) in [6.45, 7) is 8.35. The Balaban J connectivity index is 2.87. The SMILES string of the molecule is CC(C)C1(C(C)C)NC(=O)N(CCCCCl)C1=O. The standard InChI is InChI=1S/C13H23ClN2O2/c1-9(2)13(10(3)4)11(17)16(12(18)15-13)8-6-5-7-14/h9-10H,5-8H2,1-4H3,(H,15,18). The first-order valence-electron chi connectivity index (χ1n) is 6.58. The Bertz CT molecular complexity index is 321. The van der Waals surface area contributed by atoms with Crippen molar-refractivity contribution in [2.45, 2.75) is 46.1 Å². The number of hydrogen-bond donors (Lipinski definition) is 1. The summed E-state index contributed by atoms with van der Waals surface area (Å²) >= 11 is 5.61. The van der Waals surface area contributed by atoms with Crippen LogP contribution < -0.4 is 5.32 Å². The number of rotatable bonds is 6. The van der Waals surface area contributed by atoms with Crippen molar-refractivity contribution < 1.29 is 9.59 Å². The van der Waals surface area contributed by atoms with E-state index in [1.807, 2.05) is 27.7 Å². The van der Waals surface area contributed by atoms with Crippen LogP contribution in [0.2, 0.25) is 0 Å². The zero-order valence-electron chi connectivity index (χ0n) is 11.6. The monoisotopic (exact) mass is 274 g/mol. The minimum absolute atomic E-state index is 0.0759. The van der Waals surface area contributed by atoms with Gasteiger partial charge in [-0.1, -0.05) is 27.7 Å². The molecule has 0 atom stereocenters. The van der Waals surface area contributed by atoms with Gasteiger partial charge in [0.2, 0.25) is 0 Å². The first-order chi connectivity index (χ1) is 8.37. The summed E-state index contributed by atoms with van der Waals surface area (Å²) < 4.78 is 0. The summed E-state index contributed by atoms with van der Waals surface area (Å²) in [4.78, 5) is 25.8. The van der Waals surface area contributed by atoms with E-state index in [1.165, 1.54) is 4.90 Å². The number of carbonyl (C=O) groups excluding carboxylic acids is 2. The molecule has 1 rings (SSSR count). The van der Waals surface area contributed by atoms with E-state index in [0.717, 1.165) is 12.8 Å². The van der Waals surface area contributed by atoms with Crippen molar-refractivity contribution in [1.82, 2.24) is 10.2 Å². The minimum Gasteiger partial charge on any atom is -0.323 e. The highest BCUT2D eigenvalue weighted by Gasteiger charge is 2.54. The van der Waals surface area contributed by atoms with Gasteiger partial charge >= 0.3 is 6.03 Å². The lowest BCUT2D eigenvalue weighted by Crippen LogP contribution is -2.55. The van der Waals surface area contributed by atoms with Crippen LogP contribution in [0.25, 0.3) is 0 Å². The molecule has 0 unspecified atom stereocenters. The Hall–Kier alpha value is -0.770. The van der Waals surface area contributed by atoms with E-state index in [2.05, 4.69) is 5.32 Å². The van der Waals surface area contributed by atoms with Crippen LogP contribution in [-0.2, 0) is 4.79 Å². The van der Waals surface area contributed by atoms with Gasteiger partial charge in [-0.05, 0) is 24.7 Å². The van der Waals surface area contributed by atoms with Crippen LogP contribution in [-0.4, -0.2) is 34.8 Å². The van der Waals surface area contributed by atoms with Crippen molar-refractivity contribution in [2.24, 2.45) is 11.8 Å². The number of urea groups is 1. The van der Waals surface area contributed by atoms with Gasteiger partial charge in [0.1, 0.15) is 5.54 Å². The number of imide groups is 1. The third-order valence-electron chi connectivity index (χ3n) is 3.74. The van der Waals surface area contributed by atoms with Crippen molar-refractivity contribution in [2.75, 3.05) is 12.4 Å². The normalized spacial score (nSPS) is 18.9. The highest BCUT2D eigenvalue weighted by Crippen LogP contribution is 2.33. The van der Waals surface area contributed by atoms with Gasteiger partial charge in [0.05, 0.1) is 0 Å². The van der Waals surface area contributed by atoms with Gasteiger partial charge in [0.25, 0.3) is 5.91 Å². The average molecular weight is 275 g/mol. The highest BCUT2D eigenvalue weighted by molar-refractivity contribution is 6.17. The Labute approximate surface area is 114 Å². The lowest BCUT2D eigenvalue weighted by atomic mass is 9.77. The molecule has 0 saturated carbocycles. The molecule has 5 heteroatoms. The second kappa shape index (κ2) is 5.91. The highest BCUT2D eigenvalue weighted by atomic mass is 35.5. The van der Waals surface area contributed by atoms with Crippen molar-refractivity contribution in [1.29, 1.82) is 0 Å². The van der Waals surface area contributed by atoms with Crippen LogP contribution in [0.3, 0.4) is 0 Å². The lowest BCUT2D eigenvalue weighted by molar-refractivity contribution is -0.134. The zero-order valence-corrected chi connectivity index (χ0v) is 12.4. The van der Waals surface area contributed by atoms with Gasteiger partial charge in [0, 0.05) is 12.4 Å². The number of nitrogens with zero attached hydrogens (tertiary/aromatic N) is 1. The quantitative estimate of drug-likeness (QED) is 0.460. The van der Waals surface area contributed by atoms with Crippen molar-refractivity contribution in [3.8, 4) is 0 Å². The second-order valence-electron chi connectivity index (χ2n) is 5.46. The number of halogens is 1. The van der Waals surface area contributed by atoms with Crippen LogP contribution in [0.5, 0.6) is 0 Å². The van der Waals surface area contributed by atoms with Crippen LogP contribution in [0, 0.1) is 11.8 Å². The van der Waals surface area contributed by atoms with E-state index in [0.29, 0.717) is 12.4 Å². The molecule has 0 bridgehead atoms. The predicted molar refractivity (Wildman–Crippen MR) is 72.6 cm³/mol. The van der Waals surface area contributed by atoms with Crippen LogP contribution in [0.4, 0.5) is 4.79 Å². The Morgan fingerprint density at radius 2 is 1.72 bits per heavy atom. The van der Waals surface area contributed by atoms with Gasteiger partial charge in [0.15, 0.2) is 0 Å². The zero-order chi connectivity index (χ0) is 13.9. The van der Waals surface area contributed by atoms with Crippen LogP contribution >= 0.6 is 11.6 Å². The fraction of sp³-hybridized carbons (Fsp3) is 0.846. The first-order valence-corrected chi connectivity index (χ1v) is 7.11. The molecule has 1 aliphatic rings. The van der Waals surface area contributed by atoms with E-state index in [9.17, 15) is 9.59 Å². The Kier molecular flexibility index (Phi) is 5.02. The third-order valence-corrected chi connectivity index (χ3v) is 4.01. The van der Waals surface area contributed by atoms with Gasteiger partial charge < -0.3 is 5.32 Å². The smallest absolute Gasteiger partial charge is 0.323 e. The number of hydrogen-bond acceptors (Lipinski definition) is 2. The molecule has 1 aliphatic heterocycles. The fourth-order valence-corrected chi connectivity index (χ4v) is 2.82. The largest absolute Gasteiger partial charge is 0.325 e. The molecular weight excluding hydrogens is 252 g/mol. The molecule has 0 spiro atoms. The molecule has 104 valence electrons. The van der Waals surface area contributed by atoms with Crippen molar-refractivity contribution >= 4 is 23.5 Å². The average Bonchev–Trinajstić information content (AvgIpc) is 2.54. The molecule has 0 aromatic heterocycles. The van der Waals surface area contributed by atoms with E-state index < -0.39 is 5.54 Å². The van der Waals surface area contributed by atoms with Gasteiger partial charge in [-0.3, -0.25) is 9.69 Å². The predicted octanol–water partition coefficient (Wildman–Crippen LogP) is 2.61. The van der Waals surface area contributed by atoms with Gasteiger partial charge in [-0.15, -0.1) is 11.6 Å². The van der Waals surface area contributed by atoms with E-state index >= 15 is 0 Å². The molecule has 0 aliphatic carbocycles. The summed E-state index contributed by atoms with van der Waals surface area (Å²) in [6.07, 6.45) is 1.57. The van der Waals surface area contributed by atoms with Crippen molar-refractivity contribution in [3.63, 3.8) is 0 Å². The molecule has 0 aromatic rings. The van der Waals surface area contributed by atoms with Crippen LogP contribution in [0.1, 0.15) is 40.5 Å². The molecule has 1 N–H and O–H groups in total. The molecule has 0 radical (unpaired) electrons. The number of nitrogens with one attached hydrogen (secondary N) is 1. The first kappa shape index (κ1) is 15.3. The summed E-state index contributed by atoms with van der Waals surface area (Å²) in [5.41, 5.74) is -0.752. The number of carbonyl (C=O) groups is 2. The van der Waals surface area contributed by atoms with Gasteiger partial charge in [-0.2, -0.15) is 0 Å². The number of unbranched alkanes of at least 4 members (excludes halogenated alkanes) is 1. The summed E-state index contributed by atoms with van der Waals surface area (Å²) in [5.74, 6) is 0.620.